The van der Waals surface area contributed by atoms with Crippen LogP contribution in [0.5, 0.6) is 0 Å². The predicted molar refractivity (Wildman–Crippen MR) is 107 cm³/mol. The monoisotopic (exact) mass is 425 g/mol. The van der Waals surface area contributed by atoms with Crippen molar-refractivity contribution < 1.29 is 0 Å². The zero-order valence-electron chi connectivity index (χ0n) is 13.3. The minimum absolute atomic E-state index is 0. The lowest BCUT2D eigenvalue weighted by Gasteiger charge is -2.12. The number of rotatable bonds is 7. The van der Waals surface area contributed by atoms with Crippen LogP contribution in [0.3, 0.4) is 0 Å². The predicted octanol–water partition coefficient (Wildman–Crippen LogP) is 2.87. The molecule has 0 saturated heterocycles. The molecule has 6 heteroatoms. The molecule has 0 spiro atoms. The number of nitrogens with zero attached hydrogens (tertiary/aromatic N) is 2. The second-order valence-corrected chi connectivity index (χ2v) is 4.82. The summed E-state index contributed by atoms with van der Waals surface area (Å²) in [6.45, 7) is 2.46. The summed E-state index contributed by atoms with van der Waals surface area (Å²) in [5.41, 5.74) is 2.15. The Morgan fingerprint density at radius 1 is 1.00 bits per heavy atom. The van der Waals surface area contributed by atoms with Crippen LogP contribution in [0.15, 0.2) is 59.7 Å². The number of nitrogens with one attached hydrogen (secondary N) is 3. The van der Waals surface area contributed by atoms with Crippen LogP contribution < -0.4 is 16.0 Å². The van der Waals surface area contributed by atoms with Crippen molar-refractivity contribution in [1.29, 1.82) is 0 Å². The van der Waals surface area contributed by atoms with Gasteiger partial charge < -0.3 is 16.0 Å². The van der Waals surface area contributed by atoms with E-state index in [0.29, 0.717) is 6.54 Å². The molecule has 1 heterocycles. The van der Waals surface area contributed by atoms with Crippen LogP contribution in [0, 0.1) is 0 Å². The third-order valence-electron chi connectivity index (χ3n) is 3.14. The van der Waals surface area contributed by atoms with Crippen LogP contribution >= 0.6 is 24.0 Å². The lowest BCUT2D eigenvalue weighted by atomic mass is 10.3. The van der Waals surface area contributed by atoms with Gasteiger partial charge in [-0.15, -0.1) is 24.0 Å². The molecule has 0 aliphatic rings. The van der Waals surface area contributed by atoms with E-state index in [2.05, 4.69) is 38.1 Å². The van der Waals surface area contributed by atoms with Crippen LogP contribution in [-0.4, -0.2) is 31.1 Å². The number of para-hydroxylation sites is 1. The van der Waals surface area contributed by atoms with Crippen LogP contribution in [-0.2, 0) is 6.54 Å². The van der Waals surface area contributed by atoms with Crippen molar-refractivity contribution in [2.24, 2.45) is 4.99 Å². The first-order valence-corrected chi connectivity index (χ1v) is 7.52. The Kier molecular flexibility index (Phi) is 9.78. The molecule has 0 aliphatic carbocycles. The third kappa shape index (κ3) is 7.83. The maximum Gasteiger partial charge on any atom is 0.191 e. The Balaban J connectivity index is 0.00000264. The number of hydrogen-bond donors (Lipinski definition) is 3. The average molecular weight is 425 g/mol. The van der Waals surface area contributed by atoms with Gasteiger partial charge in [-0.2, -0.15) is 0 Å². The molecule has 0 amide bonds. The topological polar surface area (TPSA) is 61.3 Å². The number of aliphatic imine (C=N–C) groups is 1. The van der Waals surface area contributed by atoms with Gasteiger partial charge in [-0.25, -0.2) is 0 Å². The molecule has 0 radical (unpaired) electrons. The van der Waals surface area contributed by atoms with Crippen molar-refractivity contribution in [3.63, 3.8) is 0 Å². The highest BCUT2D eigenvalue weighted by molar-refractivity contribution is 14.0. The molecule has 0 saturated carbocycles. The second kappa shape index (κ2) is 11.7. The minimum Gasteiger partial charge on any atom is -0.385 e. The summed E-state index contributed by atoms with van der Waals surface area (Å²) < 4.78 is 0. The number of benzene rings is 1. The van der Waals surface area contributed by atoms with E-state index in [9.17, 15) is 0 Å². The fourth-order valence-corrected chi connectivity index (χ4v) is 1.98. The van der Waals surface area contributed by atoms with Gasteiger partial charge in [0.15, 0.2) is 5.96 Å². The summed E-state index contributed by atoms with van der Waals surface area (Å²) in [6, 6.07) is 16.1. The molecule has 0 bridgehead atoms. The van der Waals surface area contributed by atoms with Gasteiger partial charge in [0.25, 0.3) is 0 Å². The van der Waals surface area contributed by atoms with E-state index in [4.69, 9.17) is 0 Å². The van der Waals surface area contributed by atoms with E-state index >= 15 is 0 Å². The standard InChI is InChI=1S/C17H23N5.HI/c1-18-17(22-14-16-10-5-6-11-20-16)21-13-7-12-19-15-8-3-2-4-9-15;/h2-6,8-11,19H,7,12-14H2,1H3,(H2,18,21,22);1H. The molecular formula is C17H24IN5. The third-order valence-corrected chi connectivity index (χ3v) is 3.14. The van der Waals surface area contributed by atoms with Crippen molar-refractivity contribution in [2.45, 2.75) is 13.0 Å². The number of halogens is 1. The molecule has 23 heavy (non-hydrogen) atoms. The molecule has 0 atom stereocenters. The first-order chi connectivity index (χ1) is 10.9. The molecule has 2 rings (SSSR count). The Labute approximate surface area is 155 Å². The molecule has 0 aliphatic heterocycles. The number of anilines is 1. The molecule has 3 N–H and O–H groups in total. The van der Waals surface area contributed by atoms with Gasteiger partial charge in [0.1, 0.15) is 0 Å². The summed E-state index contributed by atoms with van der Waals surface area (Å²) in [4.78, 5) is 8.48. The van der Waals surface area contributed by atoms with E-state index in [0.717, 1.165) is 36.9 Å². The summed E-state index contributed by atoms with van der Waals surface area (Å²) in [5, 5.41) is 9.93. The fraction of sp³-hybridized carbons (Fsp3) is 0.294. The zero-order chi connectivity index (χ0) is 15.5. The normalized spacial score (nSPS) is 10.6. The highest BCUT2D eigenvalue weighted by Crippen LogP contribution is 2.04. The largest absolute Gasteiger partial charge is 0.385 e. The first kappa shape index (κ1) is 19.2. The van der Waals surface area contributed by atoms with Crippen molar-refractivity contribution >= 4 is 35.6 Å². The second-order valence-electron chi connectivity index (χ2n) is 4.82. The van der Waals surface area contributed by atoms with Crippen LogP contribution in [0.1, 0.15) is 12.1 Å². The molecule has 1 aromatic heterocycles. The molecule has 0 unspecified atom stereocenters. The first-order valence-electron chi connectivity index (χ1n) is 7.52. The number of aromatic nitrogens is 1. The van der Waals surface area contributed by atoms with Crippen molar-refractivity contribution in [3.05, 3.63) is 60.4 Å². The molecule has 1 aromatic carbocycles. The Bertz CT molecular complexity index is 560. The fourth-order valence-electron chi connectivity index (χ4n) is 1.98. The maximum absolute atomic E-state index is 4.27. The highest BCUT2D eigenvalue weighted by atomic mass is 127. The SMILES string of the molecule is CN=C(NCCCNc1ccccc1)NCc1ccccn1.I. The zero-order valence-corrected chi connectivity index (χ0v) is 15.7. The van der Waals surface area contributed by atoms with Gasteiger partial charge in [0.05, 0.1) is 12.2 Å². The van der Waals surface area contributed by atoms with Gasteiger partial charge in [0.2, 0.25) is 0 Å². The molecule has 124 valence electrons. The van der Waals surface area contributed by atoms with E-state index in [1.807, 2.05) is 36.4 Å². The number of guanidine groups is 1. The van der Waals surface area contributed by atoms with Gasteiger partial charge in [-0.05, 0) is 30.7 Å². The van der Waals surface area contributed by atoms with Gasteiger partial charge in [0, 0.05) is 32.0 Å². The van der Waals surface area contributed by atoms with Crippen LogP contribution in [0.4, 0.5) is 5.69 Å². The highest BCUT2D eigenvalue weighted by Gasteiger charge is 1.98. The molecule has 0 fully saturated rings. The lowest BCUT2D eigenvalue weighted by molar-refractivity contribution is 0.756. The van der Waals surface area contributed by atoms with Gasteiger partial charge in [-0.1, -0.05) is 24.3 Å². The van der Waals surface area contributed by atoms with E-state index in [1.165, 1.54) is 0 Å². The van der Waals surface area contributed by atoms with E-state index < -0.39 is 0 Å². The quantitative estimate of drug-likeness (QED) is 0.276. The summed E-state index contributed by atoms with van der Waals surface area (Å²) >= 11 is 0. The average Bonchev–Trinajstić information content (AvgIpc) is 2.59. The summed E-state index contributed by atoms with van der Waals surface area (Å²) in [5.74, 6) is 0.797. The smallest absolute Gasteiger partial charge is 0.191 e. The van der Waals surface area contributed by atoms with E-state index in [1.54, 1.807) is 13.2 Å². The number of hydrogen-bond acceptors (Lipinski definition) is 3. The van der Waals surface area contributed by atoms with Crippen LogP contribution in [0.25, 0.3) is 0 Å². The van der Waals surface area contributed by atoms with Crippen LogP contribution in [0.2, 0.25) is 0 Å². The summed E-state index contributed by atoms with van der Waals surface area (Å²) in [6.07, 6.45) is 2.81. The van der Waals surface area contributed by atoms with Gasteiger partial charge >= 0.3 is 0 Å². The molecule has 5 nitrogen and oxygen atoms in total. The van der Waals surface area contributed by atoms with Gasteiger partial charge in [-0.3, -0.25) is 9.98 Å². The number of pyridine rings is 1. The van der Waals surface area contributed by atoms with E-state index in [-0.39, 0.29) is 24.0 Å². The molecular weight excluding hydrogens is 401 g/mol. The minimum atomic E-state index is 0. The van der Waals surface area contributed by atoms with Crippen molar-refractivity contribution in [2.75, 3.05) is 25.5 Å². The van der Waals surface area contributed by atoms with Crippen molar-refractivity contribution in [1.82, 2.24) is 15.6 Å². The Hall–Kier alpha value is -1.83. The van der Waals surface area contributed by atoms with Crippen molar-refractivity contribution in [3.8, 4) is 0 Å². The lowest BCUT2D eigenvalue weighted by Crippen LogP contribution is -2.37. The Morgan fingerprint density at radius 3 is 2.48 bits per heavy atom. The Morgan fingerprint density at radius 2 is 1.78 bits per heavy atom. The summed E-state index contributed by atoms with van der Waals surface area (Å²) in [7, 11) is 1.77. The molecule has 2 aromatic rings. The maximum atomic E-state index is 4.27.